The van der Waals surface area contributed by atoms with E-state index in [9.17, 15) is 15.3 Å². The summed E-state index contributed by atoms with van der Waals surface area (Å²) in [6, 6.07) is 0. The first kappa shape index (κ1) is 10.3. The number of rotatable bonds is 2. The van der Waals surface area contributed by atoms with Gasteiger partial charge in [-0.05, 0) is 0 Å². The number of hydrogen-bond donors (Lipinski definition) is 4. The number of hydrogen-bond acceptors (Lipinski definition) is 6. The van der Waals surface area contributed by atoms with Crippen molar-refractivity contribution in [3.63, 3.8) is 0 Å². The maximum Gasteiger partial charge on any atom is 0.184 e. The molecular formula is C8H14O6. The van der Waals surface area contributed by atoms with Crippen LogP contribution in [0.4, 0.5) is 0 Å². The van der Waals surface area contributed by atoms with E-state index in [1.807, 2.05) is 0 Å². The molecule has 0 amide bonds. The Labute approximate surface area is 80.7 Å². The van der Waals surface area contributed by atoms with Gasteiger partial charge in [-0.1, -0.05) is 0 Å². The molecule has 1 saturated carbocycles. The third-order valence-corrected chi connectivity index (χ3v) is 3.10. The fourth-order valence-electron chi connectivity index (χ4n) is 2.17. The maximum atomic E-state index is 9.81. The van der Waals surface area contributed by atoms with Crippen LogP contribution in [0.25, 0.3) is 0 Å². The van der Waals surface area contributed by atoms with Gasteiger partial charge in [0.15, 0.2) is 6.29 Å². The first-order chi connectivity index (χ1) is 6.57. The van der Waals surface area contributed by atoms with Crippen molar-refractivity contribution >= 4 is 0 Å². The predicted molar refractivity (Wildman–Crippen MR) is 43.2 cm³/mol. The standard InChI is InChI=1S/C8H14O6/c1-13-7-5(10)4-6(11)8(4,12)3(2-9)14-7/h3-7,9-12H,2H2,1H3/t3?,4?,5?,6?,7-,8?/m0/s1. The highest BCUT2D eigenvalue weighted by atomic mass is 16.7. The van der Waals surface area contributed by atoms with Gasteiger partial charge >= 0.3 is 0 Å². The Morgan fingerprint density at radius 1 is 1.43 bits per heavy atom. The highest BCUT2D eigenvalue weighted by Gasteiger charge is 2.75. The molecule has 4 N–H and O–H groups in total. The van der Waals surface area contributed by atoms with Crippen LogP contribution < -0.4 is 0 Å². The first-order valence-electron chi connectivity index (χ1n) is 4.45. The number of aliphatic hydroxyl groups excluding tert-OH is 3. The van der Waals surface area contributed by atoms with Crippen LogP contribution >= 0.6 is 0 Å². The molecule has 1 heterocycles. The van der Waals surface area contributed by atoms with Gasteiger partial charge in [-0.3, -0.25) is 0 Å². The van der Waals surface area contributed by atoms with Gasteiger partial charge in [0.25, 0.3) is 0 Å². The van der Waals surface area contributed by atoms with Gasteiger partial charge in [0.1, 0.15) is 17.8 Å². The van der Waals surface area contributed by atoms with Gasteiger partial charge in [-0.25, -0.2) is 0 Å². The summed E-state index contributed by atoms with van der Waals surface area (Å²) in [5, 5.41) is 37.7. The Morgan fingerprint density at radius 2 is 2.07 bits per heavy atom. The molecule has 0 bridgehead atoms. The third kappa shape index (κ3) is 1.06. The van der Waals surface area contributed by atoms with Gasteiger partial charge < -0.3 is 29.9 Å². The lowest BCUT2D eigenvalue weighted by Crippen LogP contribution is -2.51. The summed E-state index contributed by atoms with van der Waals surface area (Å²) in [6.07, 6.45) is -3.94. The van der Waals surface area contributed by atoms with Crippen molar-refractivity contribution in [1.29, 1.82) is 0 Å². The molecule has 1 aliphatic carbocycles. The molecule has 6 atom stereocenters. The smallest absolute Gasteiger partial charge is 0.184 e. The predicted octanol–water partition coefficient (Wildman–Crippen LogP) is -2.57. The molecule has 0 aromatic rings. The van der Waals surface area contributed by atoms with Crippen LogP contribution in [0.5, 0.6) is 0 Å². The molecule has 0 spiro atoms. The zero-order valence-corrected chi connectivity index (χ0v) is 7.70. The van der Waals surface area contributed by atoms with E-state index in [1.165, 1.54) is 7.11 Å². The van der Waals surface area contributed by atoms with E-state index < -0.39 is 42.7 Å². The van der Waals surface area contributed by atoms with Crippen molar-refractivity contribution in [3.05, 3.63) is 0 Å². The molecule has 14 heavy (non-hydrogen) atoms. The second-order valence-electron chi connectivity index (χ2n) is 3.76. The molecule has 0 aromatic heterocycles. The van der Waals surface area contributed by atoms with E-state index in [-0.39, 0.29) is 0 Å². The second kappa shape index (κ2) is 3.13. The van der Waals surface area contributed by atoms with Crippen LogP contribution in [0.2, 0.25) is 0 Å². The van der Waals surface area contributed by atoms with Crippen LogP contribution in [0.1, 0.15) is 0 Å². The summed E-state index contributed by atoms with van der Waals surface area (Å²) in [4.78, 5) is 0. The summed E-state index contributed by atoms with van der Waals surface area (Å²) in [6.45, 7) is -0.420. The summed E-state index contributed by atoms with van der Waals surface area (Å²) < 4.78 is 9.91. The zero-order valence-electron chi connectivity index (χ0n) is 7.70. The highest BCUT2D eigenvalue weighted by molar-refractivity contribution is 5.22. The average molecular weight is 206 g/mol. The third-order valence-electron chi connectivity index (χ3n) is 3.10. The number of methoxy groups -OCH3 is 1. The van der Waals surface area contributed by atoms with Crippen molar-refractivity contribution in [3.8, 4) is 0 Å². The van der Waals surface area contributed by atoms with Crippen molar-refractivity contribution < 1.29 is 29.9 Å². The molecule has 82 valence electrons. The molecule has 2 fully saturated rings. The summed E-state index contributed by atoms with van der Waals surface area (Å²) in [5.41, 5.74) is -1.52. The minimum absolute atomic E-state index is 0.420. The van der Waals surface area contributed by atoms with E-state index in [1.54, 1.807) is 0 Å². The topological polar surface area (TPSA) is 99.4 Å². The highest BCUT2D eigenvalue weighted by Crippen LogP contribution is 2.53. The first-order valence-corrected chi connectivity index (χ1v) is 4.45. The quantitative estimate of drug-likeness (QED) is 0.396. The number of ether oxygens (including phenoxy) is 2. The van der Waals surface area contributed by atoms with Gasteiger partial charge in [0.2, 0.25) is 0 Å². The molecule has 1 saturated heterocycles. The molecule has 6 nitrogen and oxygen atoms in total. The van der Waals surface area contributed by atoms with E-state index in [2.05, 4.69) is 0 Å². The second-order valence-corrected chi connectivity index (χ2v) is 3.76. The van der Waals surface area contributed by atoms with Crippen LogP contribution in [-0.2, 0) is 9.47 Å². The van der Waals surface area contributed by atoms with Crippen LogP contribution in [0.15, 0.2) is 0 Å². The lowest BCUT2D eigenvalue weighted by Gasteiger charge is -2.34. The molecule has 1 aliphatic heterocycles. The van der Waals surface area contributed by atoms with Gasteiger partial charge in [-0.15, -0.1) is 0 Å². The molecule has 2 rings (SSSR count). The van der Waals surface area contributed by atoms with Crippen molar-refractivity contribution in [2.24, 2.45) is 5.92 Å². The van der Waals surface area contributed by atoms with Crippen LogP contribution in [0, 0.1) is 5.92 Å². The summed E-state index contributed by atoms with van der Waals surface area (Å²) >= 11 is 0. The summed E-state index contributed by atoms with van der Waals surface area (Å²) in [7, 11) is 1.35. The SMILES string of the molecule is CO[C@H]1OC(CO)C2(O)C(O)C2C1O. The Kier molecular flexibility index (Phi) is 2.30. The molecule has 5 unspecified atom stereocenters. The van der Waals surface area contributed by atoms with Crippen LogP contribution in [0.3, 0.4) is 0 Å². The molecule has 2 aliphatic rings. The van der Waals surface area contributed by atoms with Gasteiger partial charge in [0.05, 0.1) is 18.6 Å². The fourth-order valence-corrected chi connectivity index (χ4v) is 2.17. The number of aliphatic hydroxyl groups is 4. The van der Waals surface area contributed by atoms with E-state index >= 15 is 0 Å². The maximum absolute atomic E-state index is 9.81. The molecular weight excluding hydrogens is 192 g/mol. The summed E-state index contributed by atoms with van der Waals surface area (Å²) in [5.74, 6) is -0.696. The lowest BCUT2D eigenvalue weighted by atomic mass is 10.0. The fraction of sp³-hybridized carbons (Fsp3) is 1.00. The van der Waals surface area contributed by atoms with Crippen molar-refractivity contribution in [2.75, 3.05) is 13.7 Å². The zero-order chi connectivity index (χ0) is 10.5. The minimum Gasteiger partial charge on any atom is -0.394 e. The lowest BCUT2D eigenvalue weighted by molar-refractivity contribution is -0.265. The largest absolute Gasteiger partial charge is 0.394 e. The molecule has 6 heteroatoms. The van der Waals surface area contributed by atoms with E-state index in [0.29, 0.717) is 0 Å². The Balaban J connectivity index is 2.18. The minimum atomic E-state index is -1.52. The van der Waals surface area contributed by atoms with E-state index in [0.717, 1.165) is 0 Å². The Bertz CT molecular complexity index is 230. The van der Waals surface area contributed by atoms with Crippen molar-refractivity contribution in [2.45, 2.75) is 30.2 Å². The van der Waals surface area contributed by atoms with Crippen LogP contribution in [-0.4, -0.2) is 64.3 Å². The Hall–Kier alpha value is -0.240. The molecule has 0 radical (unpaired) electrons. The monoisotopic (exact) mass is 206 g/mol. The average Bonchev–Trinajstić information content (AvgIpc) is 2.72. The number of fused-ring (bicyclic) bond motifs is 1. The van der Waals surface area contributed by atoms with Gasteiger partial charge in [0, 0.05) is 7.11 Å². The van der Waals surface area contributed by atoms with Gasteiger partial charge in [-0.2, -0.15) is 0 Å². The normalized spacial score (nSPS) is 56.8. The Morgan fingerprint density at radius 3 is 2.57 bits per heavy atom. The molecule has 0 aromatic carbocycles. The van der Waals surface area contributed by atoms with E-state index in [4.69, 9.17) is 14.6 Å². The van der Waals surface area contributed by atoms with Crippen molar-refractivity contribution in [1.82, 2.24) is 0 Å².